The number of nitrogens with zero attached hydrogens (tertiary/aromatic N) is 2. The second-order valence-corrected chi connectivity index (χ2v) is 8.85. The van der Waals surface area contributed by atoms with Gasteiger partial charge in [-0.15, -0.1) is 11.3 Å². The minimum absolute atomic E-state index is 0.0714. The Hall–Kier alpha value is -1.79. The minimum atomic E-state index is 0.0714. The second kappa shape index (κ2) is 8.07. The van der Waals surface area contributed by atoms with Gasteiger partial charge in [-0.25, -0.2) is 4.98 Å². The average Bonchev–Trinajstić information content (AvgIpc) is 3.06. The third-order valence-corrected chi connectivity index (χ3v) is 7.13. The molecule has 0 aliphatic heterocycles. The van der Waals surface area contributed by atoms with Crippen LogP contribution in [0.1, 0.15) is 43.6 Å². The summed E-state index contributed by atoms with van der Waals surface area (Å²) in [6.45, 7) is 4.75. The fourth-order valence-electron chi connectivity index (χ4n) is 3.56. The van der Waals surface area contributed by atoms with Gasteiger partial charge in [-0.2, -0.15) is 0 Å². The molecule has 0 N–H and O–H groups in total. The summed E-state index contributed by atoms with van der Waals surface area (Å²) in [6.07, 6.45) is 5.49. The molecule has 27 heavy (non-hydrogen) atoms. The molecule has 0 unspecified atom stereocenters. The molecule has 3 aromatic rings. The molecule has 2 heterocycles. The van der Waals surface area contributed by atoms with Crippen LogP contribution in [0.2, 0.25) is 0 Å². The van der Waals surface area contributed by atoms with Crippen LogP contribution in [0.25, 0.3) is 15.9 Å². The van der Waals surface area contributed by atoms with Crippen LogP contribution < -0.4 is 10.3 Å². The lowest BCUT2D eigenvalue weighted by Gasteiger charge is -2.14. The monoisotopic (exact) mass is 400 g/mol. The van der Waals surface area contributed by atoms with E-state index in [1.165, 1.54) is 16.9 Å². The van der Waals surface area contributed by atoms with E-state index in [-0.39, 0.29) is 5.56 Å². The van der Waals surface area contributed by atoms with Gasteiger partial charge in [0.25, 0.3) is 5.56 Å². The fourth-order valence-corrected chi connectivity index (χ4v) is 5.73. The number of rotatable bonds is 6. The molecule has 1 aromatic carbocycles. The Morgan fingerprint density at radius 3 is 2.70 bits per heavy atom. The van der Waals surface area contributed by atoms with Crippen molar-refractivity contribution in [3.8, 4) is 11.4 Å². The van der Waals surface area contributed by atoms with Crippen molar-refractivity contribution >= 4 is 33.3 Å². The van der Waals surface area contributed by atoms with Crippen molar-refractivity contribution in [1.29, 1.82) is 0 Å². The average molecular weight is 401 g/mol. The van der Waals surface area contributed by atoms with Gasteiger partial charge in [-0.3, -0.25) is 9.36 Å². The highest BCUT2D eigenvalue weighted by Gasteiger charge is 2.22. The van der Waals surface area contributed by atoms with Gasteiger partial charge in [-0.05, 0) is 68.9 Å². The zero-order valence-corrected chi connectivity index (χ0v) is 17.4. The maximum atomic E-state index is 13.5. The molecule has 0 atom stereocenters. The Morgan fingerprint density at radius 1 is 1.19 bits per heavy atom. The maximum Gasteiger partial charge on any atom is 0.267 e. The van der Waals surface area contributed by atoms with Gasteiger partial charge in [0.1, 0.15) is 10.6 Å². The topological polar surface area (TPSA) is 44.1 Å². The van der Waals surface area contributed by atoms with Crippen LogP contribution in [-0.4, -0.2) is 21.9 Å². The van der Waals surface area contributed by atoms with E-state index in [4.69, 9.17) is 9.72 Å². The Bertz CT molecular complexity index is 1010. The summed E-state index contributed by atoms with van der Waals surface area (Å²) in [5.41, 5.74) is 2.17. The van der Waals surface area contributed by atoms with Gasteiger partial charge in [0.2, 0.25) is 0 Å². The summed E-state index contributed by atoms with van der Waals surface area (Å²) in [5, 5.41) is 1.63. The molecule has 0 saturated carbocycles. The van der Waals surface area contributed by atoms with Crippen molar-refractivity contribution < 1.29 is 4.74 Å². The predicted molar refractivity (Wildman–Crippen MR) is 114 cm³/mol. The lowest BCUT2D eigenvalue weighted by Crippen LogP contribution is -2.22. The highest BCUT2D eigenvalue weighted by Crippen LogP contribution is 2.35. The van der Waals surface area contributed by atoms with Gasteiger partial charge in [0.15, 0.2) is 5.16 Å². The van der Waals surface area contributed by atoms with E-state index >= 15 is 0 Å². The first-order valence-electron chi connectivity index (χ1n) is 9.66. The quantitative estimate of drug-likeness (QED) is 0.420. The highest BCUT2D eigenvalue weighted by molar-refractivity contribution is 7.99. The molecule has 1 aliphatic carbocycles. The zero-order valence-electron chi connectivity index (χ0n) is 15.8. The molecule has 0 bridgehead atoms. The SMILES string of the molecule is CCCSc1nc2sc3c(c2c(=O)n1-c1ccc(OCC)cc1)CCCC3. The van der Waals surface area contributed by atoms with Crippen LogP contribution in [0, 0.1) is 0 Å². The third-order valence-electron chi connectivity index (χ3n) is 4.80. The first-order valence-corrected chi connectivity index (χ1v) is 11.5. The summed E-state index contributed by atoms with van der Waals surface area (Å²) in [4.78, 5) is 20.7. The van der Waals surface area contributed by atoms with E-state index in [0.29, 0.717) is 6.61 Å². The number of aryl methyl sites for hydroxylation is 2. The van der Waals surface area contributed by atoms with Crippen molar-refractivity contribution in [3.63, 3.8) is 0 Å². The van der Waals surface area contributed by atoms with Crippen LogP contribution in [0.3, 0.4) is 0 Å². The fraction of sp³-hybridized carbons (Fsp3) is 0.429. The molecule has 1 aliphatic rings. The Balaban J connectivity index is 1.90. The standard InChI is InChI=1S/C21H24N2O2S2/c1-3-13-26-21-22-19-18(16-7-5-6-8-17(16)27-19)20(24)23(21)14-9-11-15(12-10-14)25-4-2/h9-12H,3-8,13H2,1-2H3. The molecule has 4 nitrogen and oxygen atoms in total. The molecule has 4 rings (SSSR count). The van der Waals surface area contributed by atoms with Crippen molar-refractivity contribution in [2.75, 3.05) is 12.4 Å². The molecule has 142 valence electrons. The first-order chi connectivity index (χ1) is 13.2. The molecule has 2 aromatic heterocycles. The zero-order chi connectivity index (χ0) is 18.8. The van der Waals surface area contributed by atoms with Gasteiger partial charge in [0.05, 0.1) is 17.7 Å². The minimum Gasteiger partial charge on any atom is -0.494 e. The summed E-state index contributed by atoms with van der Waals surface area (Å²) in [6, 6.07) is 7.75. The van der Waals surface area contributed by atoms with E-state index in [0.717, 1.165) is 58.2 Å². The van der Waals surface area contributed by atoms with Crippen molar-refractivity contribution in [3.05, 3.63) is 45.1 Å². The number of ether oxygens (including phenoxy) is 1. The number of thiophene rings is 1. The van der Waals surface area contributed by atoms with Crippen molar-refractivity contribution in [2.45, 2.75) is 51.1 Å². The molecule has 0 radical (unpaired) electrons. The van der Waals surface area contributed by atoms with E-state index in [2.05, 4.69) is 6.92 Å². The van der Waals surface area contributed by atoms with Crippen molar-refractivity contribution in [2.24, 2.45) is 0 Å². The number of fused-ring (bicyclic) bond motifs is 3. The lowest BCUT2D eigenvalue weighted by molar-refractivity contribution is 0.340. The third kappa shape index (κ3) is 3.52. The normalized spacial score (nSPS) is 13.7. The molecule has 0 spiro atoms. The van der Waals surface area contributed by atoms with Crippen LogP contribution in [0.15, 0.2) is 34.2 Å². The molecule has 6 heteroatoms. The maximum absolute atomic E-state index is 13.5. The number of benzene rings is 1. The van der Waals surface area contributed by atoms with E-state index in [1.807, 2.05) is 31.2 Å². The molecule has 0 saturated heterocycles. The Kier molecular flexibility index (Phi) is 5.55. The molecule has 0 amide bonds. The predicted octanol–water partition coefficient (Wildman–Crippen LogP) is 5.23. The van der Waals surface area contributed by atoms with E-state index in [9.17, 15) is 4.79 Å². The highest BCUT2D eigenvalue weighted by atomic mass is 32.2. The van der Waals surface area contributed by atoms with Gasteiger partial charge in [-0.1, -0.05) is 18.7 Å². The first kappa shape index (κ1) is 18.6. The number of thioether (sulfide) groups is 1. The number of hydrogen-bond acceptors (Lipinski definition) is 5. The van der Waals surface area contributed by atoms with Crippen LogP contribution >= 0.6 is 23.1 Å². The molecular weight excluding hydrogens is 376 g/mol. The van der Waals surface area contributed by atoms with Gasteiger partial charge >= 0.3 is 0 Å². The molecular formula is C21H24N2O2S2. The van der Waals surface area contributed by atoms with E-state index in [1.54, 1.807) is 27.7 Å². The van der Waals surface area contributed by atoms with Crippen LogP contribution in [-0.2, 0) is 12.8 Å². The summed E-state index contributed by atoms with van der Waals surface area (Å²) in [7, 11) is 0. The summed E-state index contributed by atoms with van der Waals surface area (Å²) < 4.78 is 7.34. The van der Waals surface area contributed by atoms with Gasteiger partial charge in [0, 0.05) is 10.6 Å². The van der Waals surface area contributed by atoms with Crippen molar-refractivity contribution in [1.82, 2.24) is 9.55 Å². The Labute approximate surface area is 167 Å². The molecule has 0 fully saturated rings. The summed E-state index contributed by atoms with van der Waals surface area (Å²) >= 11 is 3.38. The summed E-state index contributed by atoms with van der Waals surface area (Å²) in [5.74, 6) is 1.76. The van der Waals surface area contributed by atoms with Crippen LogP contribution in [0.4, 0.5) is 0 Å². The largest absolute Gasteiger partial charge is 0.494 e. The Morgan fingerprint density at radius 2 is 1.96 bits per heavy atom. The van der Waals surface area contributed by atoms with Crippen LogP contribution in [0.5, 0.6) is 5.75 Å². The second-order valence-electron chi connectivity index (χ2n) is 6.70. The lowest BCUT2D eigenvalue weighted by atomic mass is 9.97. The number of aromatic nitrogens is 2. The van der Waals surface area contributed by atoms with Gasteiger partial charge < -0.3 is 4.74 Å². The number of hydrogen-bond donors (Lipinski definition) is 0. The van der Waals surface area contributed by atoms with E-state index < -0.39 is 0 Å². The smallest absolute Gasteiger partial charge is 0.267 e.